The van der Waals surface area contributed by atoms with Gasteiger partial charge >= 0.3 is 0 Å². The van der Waals surface area contributed by atoms with Crippen LogP contribution in [0.2, 0.25) is 10.0 Å². The highest BCUT2D eigenvalue weighted by molar-refractivity contribution is 7.22. The molecule has 4 nitrogen and oxygen atoms in total. The Bertz CT molecular complexity index is 1170. The molecule has 0 aliphatic rings. The molecule has 0 aliphatic heterocycles. The number of carbonyl (C=O) groups excluding carboxylic acids is 1. The van der Waals surface area contributed by atoms with Gasteiger partial charge in [-0.2, -0.15) is 0 Å². The molecule has 4 rings (SSSR count). The number of halogens is 3. The number of rotatable bonds is 4. The second-order valence-electron chi connectivity index (χ2n) is 5.96. The van der Waals surface area contributed by atoms with E-state index in [0.29, 0.717) is 14.9 Å². The lowest BCUT2D eigenvalue weighted by molar-refractivity contribution is 0.0985. The van der Waals surface area contributed by atoms with Crippen molar-refractivity contribution >= 4 is 55.8 Å². The summed E-state index contributed by atoms with van der Waals surface area (Å²) in [6.07, 6.45) is 3.31. The summed E-state index contributed by atoms with van der Waals surface area (Å²) in [4.78, 5) is 23.2. The van der Waals surface area contributed by atoms with Gasteiger partial charge < -0.3 is 0 Å². The fourth-order valence-corrected chi connectivity index (χ4v) is 4.07. The Morgan fingerprint density at radius 1 is 1.14 bits per heavy atom. The molecule has 4 aromatic rings. The average Bonchev–Trinajstić information content (AvgIpc) is 3.14. The summed E-state index contributed by atoms with van der Waals surface area (Å²) in [6, 6.07) is 13.0. The summed E-state index contributed by atoms with van der Waals surface area (Å²) in [7, 11) is 0. The third kappa shape index (κ3) is 3.71. The SMILES string of the molecule is O=C(c1cc(Cl)ccc1Cl)N(Cc1cccnc1)c1nc2c(F)cccc2s1. The van der Waals surface area contributed by atoms with Crippen LogP contribution in [0.3, 0.4) is 0 Å². The number of hydrogen-bond acceptors (Lipinski definition) is 4. The van der Waals surface area contributed by atoms with Gasteiger partial charge in [-0.3, -0.25) is 14.7 Å². The van der Waals surface area contributed by atoms with E-state index in [4.69, 9.17) is 23.2 Å². The molecule has 28 heavy (non-hydrogen) atoms. The molecule has 1 amide bonds. The van der Waals surface area contributed by atoms with Crippen LogP contribution in [-0.2, 0) is 6.54 Å². The van der Waals surface area contributed by atoms with E-state index in [9.17, 15) is 9.18 Å². The summed E-state index contributed by atoms with van der Waals surface area (Å²) in [6.45, 7) is 0.205. The van der Waals surface area contributed by atoms with E-state index in [2.05, 4.69) is 9.97 Å². The number of para-hydroxylation sites is 1. The van der Waals surface area contributed by atoms with Gasteiger partial charge in [0.05, 0.1) is 21.8 Å². The maximum Gasteiger partial charge on any atom is 0.261 e. The Morgan fingerprint density at radius 3 is 2.75 bits per heavy atom. The number of benzene rings is 2. The number of carbonyl (C=O) groups is 1. The van der Waals surface area contributed by atoms with E-state index < -0.39 is 5.82 Å². The first-order valence-corrected chi connectivity index (χ1v) is 9.81. The van der Waals surface area contributed by atoms with Crippen LogP contribution in [0.4, 0.5) is 9.52 Å². The third-order valence-electron chi connectivity index (χ3n) is 4.06. The molecule has 0 atom stereocenters. The van der Waals surface area contributed by atoms with Crippen LogP contribution in [0.1, 0.15) is 15.9 Å². The first-order valence-electron chi connectivity index (χ1n) is 8.24. The van der Waals surface area contributed by atoms with Crippen molar-refractivity contribution < 1.29 is 9.18 Å². The second kappa shape index (κ2) is 7.83. The Balaban J connectivity index is 1.82. The summed E-state index contributed by atoms with van der Waals surface area (Å²) in [5, 5.41) is 1.03. The van der Waals surface area contributed by atoms with Crippen LogP contribution in [0.25, 0.3) is 10.2 Å². The average molecular weight is 432 g/mol. The summed E-state index contributed by atoms with van der Waals surface area (Å²) in [5.41, 5.74) is 1.27. The maximum atomic E-state index is 14.1. The minimum Gasteiger partial charge on any atom is -0.279 e. The van der Waals surface area contributed by atoms with Gasteiger partial charge in [0.2, 0.25) is 0 Å². The molecule has 2 aromatic carbocycles. The Kier molecular flexibility index (Phi) is 5.26. The maximum absolute atomic E-state index is 14.1. The van der Waals surface area contributed by atoms with E-state index in [1.807, 2.05) is 6.07 Å². The monoisotopic (exact) mass is 431 g/mol. The number of nitrogens with zero attached hydrogens (tertiary/aromatic N) is 3. The van der Waals surface area contributed by atoms with Crippen molar-refractivity contribution in [2.45, 2.75) is 6.54 Å². The molecule has 0 fully saturated rings. The molecule has 0 aliphatic carbocycles. The lowest BCUT2D eigenvalue weighted by atomic mass is 10.2. The van der Waals surface area contributed by atoms with E-state index in [1.54, 1.807) is 42.7 Å². The first-order chi connectivity index (χ1) is 13.5. The first kappa shape index (κ1) is 18.8. The van der Waals surface area contributed by atoms with Gasteiger partial charge in [-0.15, -0.1) is 0 Å². The highest BCUT2D eigenvalue weighted by Crippen LogP contribution is 2.33. The topological polar surface area (TPSA) is 46.1 Å². The van der Waals surface area contributed by atoms with Crippen molar-refractivity contribution in [2.75, 3.05) is 4.90 Å². The van der Waals surface area contributed by atoms with E-state index in [0.717, 1.165) is 5.56 Å². The van der Waals surface area contributed by atoms with Crippen LogP contribution in [0, 0.1) is 5.82 Å². The number of pyridine rings is 1. The van der Waals surface area contributed by atoms with Gasteiger partial charge in [-0.1, -0.05) is 46.7 Å². The third-order valence-corrected chi connectivity index (χ3v) is 5.67. The predicted octanol–water partition coefficient (Wildman–Crippen LogP) is 5.98. The Labute approximate surface area is 174 Å². The number of anilines is 1. The largest absolute Gasteiger partial charge is 0.279 e. The van der Waals surface area contributed by atoms with Gasteiger partial charge in [0, 0.05) is 17.4 Å². The highest BCUT2D eigenvalue weighted by Gasteiger charge is 2.24. The predicted molar refractivity (Wildman–Crippen MR) is 111 cm³/mol. The van der Waals surface area contributed by atoms with Crippen molar-refractivity contribution in [3.05, 3.63) is 87.9 Å². The molecule has 0 N–H and O–H groups in total. The zero-order chi connectivity index (χ0) is 19.7. The Morgan fingerprint density at radius 2 is 2.00 bits per heavy atom. The number of hydrogen-bond donors (Lipinski definition) is 0. The summed E-state index contributed by atoms with van der Waals surface area (Å²) >= 11 is 13.5. The van der Waals surface area contributed by atoms with Crippen LogP contribution in [0.5, 0.6) is 0 Å². The number of aromatic nitrogens is 2. The van der Waals surface area contributed by atoms with Gasteiger partial charge in [0.25, 0.3) is 5.91 Å². The van der Waals surface area contributed by atoms with Crippen LogP contribution in [-0.4, -0.2) is 15.9 Å². The minimum atomic E-state index is -0.436. The Hall–Kier alpha value is -2.54. The molecule has 2 heterocycles. The standard InChI is InChI=1S/C20H12Cl2FN3OS/c21-13-6-7-15(22)14(9-13)19(27)26(11-12-3-2-8-24-10-12)20-25-18-16(23)4-1-5-17(18)28-20/h1-10H,11H2. The molecular weight excluding hydrogens is 420 g/mol. The fraction of sp³-hybridized carbons (Fsp3) is 0.0500. The molecule has 0 bridgehead atoms. The number of fused-ring (bicyclic) bond motifs is 1. The smallest absolute Gasteiger partial charge is 0.261 e. The van der Waals surface area contributed by atoms with Crippen molar-refractivity contribution in [3.8, 4) is 0 Å². The lowest BCUT2D eigenvalue weighted by Gasteiger charge is -2.20. The van der Waals surface area contributed by atoms with Crippen LogP contribution in [0.15, 0.2) is 60.9 Å². The van der Waals surface area contributed by atoms with Gasteiger partial charge in [0.1, 0.15) is 11.3 Å². The molecule has 8 heteroatoms. The quantitative estimate of drug-likeness (QED) is 0.398. The van der Waals surface area contributed by atoms with Crippen LogP contribution < -0.4 is 4.90 Å². The zero-order valence-corrected chi connectivity index (χ0v) is 16.6. The van der Waals surface area contributed by atoms with Crippen LogP contribution >= 0.6 is 34.5 Å². The van der Waals surface area contributed by atoms with Crippen molar-refractivity contribution in [1.29, 1.82) is 0 Å². The van der Waals surface area contributed by atoms with Gasteiger partial charge in [-0.25, -0.2) is 9.37 Å². The van der Waals surface area contributed by atoms with E-state index in [-0.39, 0.29) is 28.6 Å². The van der Waals surface area contributed by atoms with Gasteiger partial charge in [0.15, 0.2) is 5.13 Å². The summed E-state index contributed by atoms with van der Waals surface area (Å²) < 4.78 is 14.8. The molecule has 0 saturated heterocycles. The molecule has 2 aromatic heterocycles. The summed E-state index contributed by atoms with van der Waals surface area (Å²) in [5.74, 6) is -0.814. The van der Waals surface area contributed by atoms with E-state index >= 15 is 0 Å². The lowest BCUT2D eigenvalue weighted by Crippen LogP contribution is -2.30. The van der Waals surface area contributed by atoms with E-state index in [1.165, 1.54) is 28.4 Å². The van der Waals surface area contributed by atoms with Gasteiger partial charge in [-0.05, 0) is 42.0 Å². The molecule has 0 spiro atoms. The molecule has 0 saturated carbocycles. The zero-order valence-electron chi connectivity index (χ0n) is 14.3. The van der Waals surface area contributed by atoms with Crippen molar-refractivity contribution in [1.82, 2.24) is 9.97 Å². The molecule has 0 unspecified atom stereocenters. The van der Waals surface area contributed by atoms with Crippen molar-refractivity contribution in [2.24, 2.45) is 0 Å². The second-order valence-corrected chi connectivity index (χ2v) is 7.81. The number of amides is 1. The fourth-order valence-electron chi connectivity index (χ4n) is 2.73. The van der Waals surface area contributed by atoms with Crippen molar-refractivity contribution in [3.63, 3.8) is 0 Å². The highest BCUT2D eigenvalue weighted by atomic mass is 35.5. The molecular formula is C20H12Cl2FN3OS. The minimum absolute atomic E-state index is 0.205. The normalized spacial score (nSPS) is 11.0. The number of thiazole rings is 1. The molecule has 0 radical (unpaired) electrons. The molecule has 140 valence electrons.